The van der Waals surface area contributed by atoms with Crippen LogP contribution in [0.2, 0.25) is 15.1 Å². The van der Waals surface area contributed by atoms with Crippen molar-refractivity contribution in [3.05, 3.63) is 99.0 Å². The van der Waals surface area contributed by atoms with Crippen molar-refractivity contribution in [1.82, 2.24) is 9.62 Å². The lowest BCUT2D eigenvalue weighted by Crippen LogP contribution is -2.41. The zero-order valence-corrected chi connectivity index (χ0v) is 20.2. The summed E-state index contributed by atoms with van der Waals surface area (Å²) in [6.45, 7) is 1.34. The minimum atomic E-state index is -3.96. The average molecular weight is 512 g/mol. The number of benzene rings is 3. The lowest BCUT2D eigenvalue weighted by atomic mass is 10.1. The Labute approximate surface area is 203 Å². The molecule has 1 unspecified atom stereocenters. The molecule has 5 nitrogen and oxygen atoms in total. The molecular weight excluding hydrogens is 491 g/mol. The maximum atomic E-state index is 13.3. The Balaban J connectivity index is 1.84. The van der Waals surface area contributed by atoms with Gasteiger partial charge in [0, 0.05) is 21.6 Å². The number of nitrogens with one attached hydrogen (secondary N) is 1. The van der Waals surface area contributed by atoms with Crippen LogP contribution in [0, 0.1) is 0 Å². The number of nitrogens with zero attached hydrogens (tertiary/aromatic N) is 1. The Kier molecular flexibility index (Phi) is 8.20. The van der Waals surface area contributed by atoms with Crippen LogP contribution >= 0.6 is 34.8 Å². The molecule has 3 aromatic rings. The first-order valence-electron chi connectivity index (χ1n) is 9.71. The lowest BCUT2D eigenvalue weighted by molar-refractivity contribution is -0.122. The quantitative estimate of drug-likeness (QED) is 0.421. The van der Waals surface area contributed by atoms with E-state index in [1.165, 1.54) is 18.2 Å². The van der Waals surface area contributed by atoms with Gasteiger partial charge in [-0.1, -0.05) is 71.2 Å². The van der Waals surface area contributed by atoms with E-state index in [0.717, 1.165) is 9.87 Å². The molecule has 0 fully saturated rings. The summed E-state index contributed by atoms with van der Waals surface area (Å²) < 4.78 is 27.7. The third-order valence-corrected chi connectivity index (χ3v) is 7.46. The van der Waals surface area contributed by atoms with Crippen LogP contribution in [0.5, 0.6) is 0 Å². The first kappa shape index (κ1) is 24.6. The van der Waals surface area contributed by atoms with Gasteiger partial charge in [-0.25, -0.2) is 8.42 Å². The molecule has 9 heteroatoms. The van der Waals surface area contributed by atoms with Crippen molar-refractivity contribution in [2.24, 2.45) is 0 Å². The van der Waals surface area contributed by atoms with Crippen molar-refractivity contribution in [2.75, 3.05) is 6.54 Å². The van der Waals surface area contributed by atoms with E-state index in [0.29, 0.717) is 20.6 Å². The molecule has 168 valence electrons. The fourth-order valence-electron chi connectivity index (χ4n) is 3.09. The number of sulfonamides is 1. The highest BCUT2D eigenvalue weighted by molar-refractivity contribution is 7.89. The van der Waals surface area contributed by atoms with Crippen LogP contribution in [0.4, 0.5) is 0 Å². The van der Waals surface area contributed by atoms with Crippen LogP contribution in [0.15, 0.2) is 77.7 Å². The van der Waals surface area contributed by atoms with E-state index in [1.54, 1.807) is 54.6 Å². The summed E-state index contributed by atoms with van der Waals surface area (Å²) in [6, 6.07) is 19.5. The summed E-state index contributed by atoms with van der Waals surface area (Å²) in [5.41, 5.74) is 1.38. The van der Waals surface area contributed by atoms with Gasteiger partial charge in [0.05, 0.1) is 17.5 Å². The summed E-state index contributed by atoms with van der Waals surface area (Å²) in [7, 11) is -3.96. The van der Waals surface area contributed by atoms with Crippen LogP contribution in [0.25, 0.3) is 0 Å². The van der Waals surface area contributed by atoms with Crippen molar-refractivity contribution in [2.45, 2.75) is 24.4 Å². The molecule has 0 aliphatic carbocycles. The first-order valence-corrected chi connectivity index (χ1v) is 12.3. The molecule has 0 aliphatic rings. The van der Waals surface area contributed by atoms with E-state index < -0.39 is 15.9 Å². The molecular formula is C23H21Cl3N2O3S. The van der Waals surface area contributed by atoms with E-state index in [4.69, 9.17) is 34.8 Å². The highest BCUT2D eigenvalue weighted by atomic mass is 35.5. The molecule has 0 aliphatic heterocycles. The molecule has 1 N–H and O–H groups in total. The molecule has 3 rings (SSSR count). The van der Waals surface area contributed by atoms with Crippen molar-refractivity contribution in [3.8, 4) is 0 Å². The van der Waals surface area contributed by atoms with E-state index in [-0.39, 0.29) is 24.0 Å². The number of amides is 1. The molecule has 0 bridgehead atoms. The Hall–Kier alpha value is -2.09. The smallest absolute Gasteiger partial charge is 0.243 e. The number of carbonyl (C=O) groups excluding carboxylic acids is 1. The molecule has 1 atom stereocenters. The van der Waals surface area contributed by atoms with Crippen molar-refractivity contribution >= 4 is 50.7 Å². The summed E-state index contributed by atoms with van der Waals surface area (Å²) in [5, 5.41) is 4.18. The first-order chi connectivity index (χ1) is 15.2. The number of hydrogen-bond acceptors (Lipinski definition) is 3. The minimum Gasteiger partial charge on any atom is -0.348 e. The molecule has 32 heavy (non-hydrogen) atoms. The van der Waals surface area contributed by atoms with Gasteiger partial charge in [-0.15, -0.1) is 0 Å². The number of carbonyl (C=O) groups is 1. The lowest BCUT2D eigenvalue weighted by Gasteiger charge is -2.24. The predicted molar refractivity (Wildman–Crippen MR) is 129 cm³/mol. The molecule has 0 heterocycles. The second kappa shape index (κ2) is 10.7. The molecule has 3 aromatic carbocycles. The molecule has 0 saturated heterocycles. The van der Waals surface area contributed by atoms with E-state index in [9.17, 15) is 13.2 Å². The van der Waals surface area contributed by atoms with Crippen molar-refractivity contribution in [3.63, 3.8) is 0 Å². The van der Waals surface area contributed by atoms with Crippen molar-refractivity contribution in [1.29, 1.82) is 0 Å². The highest BCUT2D eigenvalue weighted by Crippen LogP contribution is 2.25. The molecule has 0 spiro atoms. The highest BCUT2D eigenvalue weighted by Gasteiger charge is 2.28. The molecule has 0 radical (unpaired) electrons. The topological polar surface area (TPSA) is 66.5 Å². The van der Waals surface area contributed by atoms with E-state index in [1.807, 2.05) is 6.92 Å². The average Bonchev–Trinajstić information content (AvgIpc) is 2.76. The molecule has 1 amide bonds. The van der Waals surface area contributed by atoms with Gasteiger partial charge < -0.3 is 5.32 Å². The van der Waals surface area contributed by atoms with Gasteiger partial charge in [-0.3, -0.25) is 4.79 Å². The van der Waals surface area contributed by atoms with Crippen molar-refractivity contribution < 1.29 is 13.2 Å². The fourth-order valence-corrected chi connectivity index (χ4v) is 5.08. The monoisotopic (exact) mass is 510 g/mol. The van der Waals surface area contributed by atoms with E-state index >= 15 is 0 Å². The predicted octanol–water partition coefficient (Wildman–Crippen LogP) is 5.72. The van der Waals surface area contributed by atoms with Crippen LogP contribution in [0.3, 0.4) is 0 Å². The van der Waals surface area contributed by atoms with Gasteiger partial charge in [0.25, 0.3) is 0 Å². The Bertz CT molecular complexity index is 1190. The third-order valence-electron chi connectivity index (χ3n) is 4.81. The van der Waals surface area contributed by atoms with Gasteiger partial charge in [0.15, 0.2) is 0 Å². The van der Waals surface area contributed by atoms with Crippen LogP contribution in [0.1, 0.15) is 24.1 Å². The fraction of sp³-hybridized carbons (Fsp3) is 0.174. The van der Waals surface area contributed by atoms with Crippen LogP contribution in [-0.4, -0.2) is 25.2 Å². The van der Waals surface area contributed by atoms with Gasteiger partial charge in [-0.2, -0.15) is 4.31 Å². The third kappa shape index (κ3) is 6.24. The van der Waals surface area contributed by atoms with Crippen LogP contribution in [-0.2, 0) is 21.4 Å². The standard InChI is InChI=1S/C23H21Cl3N2O3S/c1-16(17-7-10-19(24)11-8-17)27-23(29)15-28(14-18-9-12-20(25)13-22(18)26)32(30,31)21-5-3-2-4-6-21/h2-13,16H,14-15H2,1H3,(H,27,29). The SMILES string of the molecule is CC(NC(=O)CN(Cc1ccc(Cl)cc1Cl)S(=O)(=O)c1ccccc1)c1ccc(Cl)cc1. The number of rotatable bonds is 8. The summed E-state index contributed by atoms with van der Waals surface area (Å²) in [6.07, 6.45) is 0. The largest absolute Gasteiger partial charge is 0.348 e. The van der Waals surface area contributed by atoms with Gasteiger partial charge in [0.1, 0.15) is 0 Å². The van der Waals surface area contributed by atoms with Crippen LogP contribution < -0.4 is 5.32 Å². The Morgan fingerprint density at radius 2 is 1.56 bits per heavy atom. The normalized spacial score (nSPS) is 12.5. The minimum absolute atomic E-state index is 0.0867. The zero-order chi connectivity index (χ0) is 23.3. The van der Waals surface area contributed by atoms with E-state index in [2.05, 4.69) is 5.32 Å². The number of hydrogen-bond donors (Lipinski definition) is 1. The Morgan fingerprint density at radius 1 is 0.938 bits per heavy atom. The van der Waals surface area contributed by atoms with Gasteiger partial charge in [0.2, 0.25) is 15.9 Å². The maximum Gasteiger partial charge on any atom is 0.243 e. The summed E-state index contributed by atoms with van der Waals surface area (Å²) in [5.74, 6) is -0.447. The van der Waals surface area contributed by atoms with Gasteiger partial charge in [-0.05, 0) is 54.4 Å². The summed E-state index contributed by atoms with van der Waals surface area (Å²) >= 11 is 18.1. The van der Waals surface area contributed by atoms with Gasteiger partial charge >= 0.3 is 0 Å². The molecule has 0 saturated carbocycles. The zero-order valence-electron chi connectivity index (χ0n) is 17.1. The molecule has 0 aromatic heterocycles. The number of halogens is 3. The second-order valence-electron chi connectivity index (χ2n) is 7.16. The maximum absolute atomic E-state index is 13.3. The Morgan fingerprint density at radius 3 is 2.19 bits per heavy atom. The summed E-state index contributed by atoms with van der Waals surface area (Å²) in [4.78, 5) is 12.9. The second-order valence-corrected chi connectivity index (χ2v) is 10.4.